The highest BCUT2D eigenvalue weighted by molar-refractivity contribution is 5.08. The minimum Gasteiger partial charge on any atom is -0.392 e. The molecule has 0 aromatic heterocycles. The van der Waals surface area contributed by atoms with Gasteiger partial charge < -0.3 is 5.11 Å². The summed E-state index contributed by atoms with van der Waals surface area (Å²) >= 11 is 0. The Morgan fingerprint density at radius 1 is 1.46 bits per heavy atom. The van der Waals surface area contributed by atoms with Crippen molar-refractivity contribution in [3.63, 3.8) is 0 Å². The van der Waals surface area contributed by atoms with Crippen LogP contribution >= 0.6 is 0 Å². The fourth-order valence-electron chi connectivity index (χ4n) is 2.30. The Morgan fingerprint density at radius 3 is 2.54 bits per heavy atom. The Bertz CT molecular complexity index is 207. The maximum absolute atomic E-state index is 9.94. The van der Waals surface area contributed by atoms with Crippen molar-refractivity contribution in [3.8, 4) is 0 Å². The highest BCUT2D eigenvalue weighted by Crippen LogP contribution is 2.37. The molecular formula is C12H20O. The Kier molecular flexibility index (Phi) is 3.32. The minimum atomic E-state index is -0.229. The van der Waals surface area contributed by atoms with E-state index in [0.717, 1.165) is 12.8 Å². The molecule has 74 valence electrons. The second-order valence-electron chi connectivity index (χ2n) is 4.31. The van der Waals surface area contributed by atoms with Crippen LogP contribution in [0.15, 0.2) is 24.8 Å². The van der Waals surface area contributed by atoms with Crippen LogP contribution in [-0.2, 0) is 0 Å². The molecule has 1 rings (SSSR count). The largest absolute Gasteiger partial charge is 0.392 e. The molecule has 1 nitrogen and oxygen atoms in total. The molecule has 1 aliphatic rings. The van der Waals surface area contributed by atoms with Gasteiger partial charge >= 0.3 is 0 Å². The summed E-state index contributed by atoms with van der Waals surface area (Å²) in [6.45, 7) is 11.9. The van der Waals surface area contributed by atoms with E-state index < -0.39 is 0 Å². The fraction of sp³-hybridized carbons (Fsp3) is 0.667. The SMILES string of the molecule is C=C[C@H]1[C@@H](O)[C@@H](C)CC[C@@H]1C(=C)C. The summed E-state index contributed by atoms with van der Waals surface area (Å²) in [5.74, 6) is 1.04. The molecule has 0 aromatic carbocycles. The molecule has 0 unspecified atom stereocenters. The van der Waals surface area contributed by atoms with Gasteiger partial charge in [-0.25, -0.2) is 0 Å². The van der Waals surface area contributed by atoms with Crippen LogP contribution in [0.25, 0.3) is 0 Å². The molecule has 1 fully saturated rings. The maximum Gasteiger partial charge on any atom is 0.0633 e. The van der Waals surface area contributed by atoms with E-state index in [9.17, 15) is 5.11 Å². The average molecular weight is 180 g/mol. The van der Waals surface area contributed by atoms with E-state index >= 15 is 0 Å². The van der Waals surface area contributed by atoms with Crippen molar-refractivity contribution in [1.82, 2.24) is 0 Å². The van der Waals surface area contributed by atoms with Gasteiger partial charge in [0.2, 0.25) is 0 Å². The lowest BCUT2D eigenvalue weighted by Gasteiger charge is -2.38. The minimum absolute atomic E-state index is 0.209. The van der Waals surface area contributed by atoms with Gasteiger partial charge in [-0.1, -0.05) is 25.2 Å². The van der Waals surface area contributed by atoms with Crippen LogP contribution in [0.2, 0.25) is 0 Å². The van der Waals surface area contributed by atoms with Crippen molar-refractivity contribution in [3.05, 3.63) is 24.8 Å². The number of rotatable bonds is 2. The van der Waals surface area contributed by atoms with Crippen LogP contribution in [0.3, 0.4) is 0 Å². The normalized spacial score (nSPS) is 39.9. The van der Waals surface area contributed by atoms with Crippen LogP contribution in [0, 0.1) is 17.8 Å². The third-order valence-corrected chi connectivity index (χ3v) is 3.28. The Balaban J connectivity index is 2.77. The molecule has 0 bridgehead atoms. The van der Waals surface area contributed by atoms with Gasteiger partial charge in [0.15, 0.2) is 0 Å². The van der Waals surface area contributed by atoms with Crippen LogP contribution in [0.1, 0.15) is 26.7 Å². The van der Waals surface area contributed by atoms with E-state index in [1.54, 1.807) is 0 Å². The van der Waals surface area contributed by atoms with Crippen molar-refractivity contribution in [2.75, 3.05) is 0 Å². The fourth-order valence-corrected chi connectivity index (χ4v) is 2.30. The zero-order valence-electron chi connectivity index (χ0n) is 8.66. The van der Waals surface area contributed by atoms with E-state index in [-0.39, 0.29) is 12.0 Å². The highest BCUT2D eigenvalue weighted by Gasteiger charge is 2.34. The number of allylic oxidation sites excluding steroid dienone is 1. The lowest BCUT2D eigenvalue weighted by molar-refractivity contribution is 0.0238. The van der Waals surface area contributed by atoms with Gasteiger partial charge in [-0.3, -0.25) is 0 Å². The lowest BCUT2D eigenvalue weighted by atomic mass is 9.70. The first kappa shape index (κ1) is 10.5. The molecule has 0 saturated heterocycles. The van der Waals surface area contributed by atoms with Crippen molar-refractivity contribution in [2.45, 2.75) is 32.8 Å². The maximum atomic E-state index is 9.94. The number of aliphatic hydroxyl groups excluding tert-OH is 1. The molecule has 13 heavy (non-hydrogen) atoms. The molecule has 0 spiro atoms. The molecule has 0 aliphatic heterocycles. The van der Waals surface area contributed by atoms with Gasteiger partial charge in [0.05, 0.1) is 6.10 Å². The third kappa shape index (κ3) is 2.02. The second kappa shape index (κ2) is 4.10. The highest BCUT2D eigenvalue weighted by atomic mass is 16.3. The van der Waals surface area contributed by atoms with Gasteiger partial charge in [0, 0.05) is 5.92 Å². The summed E-state index contributed by atoms with van der Waals surface area (Å²) in [6, 6.07) is 0. The van der Waals surface area contributed by atoms with Gasteiger partial charge in [0.1, 0.15) is 0 Å². The summed E-state index contributed by atoms with van der Waals surface area (Å²) in [4.78, 5) is 0. The Hall–Kier alpha value is -0.560. The molecule has 0 radical (unpaired) electrons. The van der Waals surface area contributed by atoms with Gasteiger partial charge in [-0.2, -0.15) is 0 Å². The smallest absolute Gasteiger partial charge is 0.0633 e. The summed E-state index contributed by atoms with van der Waals surface area (Å²) < 4.78 is 0. The molecule has 0 aromatic rings. The summed E-state index contributed by atoms with van der Waals surface area (Å²) in [5, 5.41) is 9.94. The predicted molar refractivity (Wildman–Crippen MR) is 56.4 cm³/mol. The third-order valence-electron chi connectivity index (χ3n) is 3.28. The monoisotopic (exact) mass is 180 g/mol. The molecule has 0 amide bonds. The topological polar surface area (TPSA) is 20.2 Å². The molecule has 0 heterocycles. The molecular weight excluding hydrogens is 160 g/mol. The van der Waals surface area contributed by atoms with Crippen molar-refractivity contribution in [2.24, 2.45) is 17.8 Å². The average Bonchev–Trinajstić information content (AvgIpc) is 2.09. The van der Waals surface area contributed by atoms with Gasteiger partial charge in [-0.15, -0.1) is 6.58 Å². The number of hydrogen-bond acceptors (Lipinski definition) is 1. The first-order valence-corrected chi connectivity index (χ1v) is 5.04. The predicted octanol–water partition coefficient (Wildman–Crippen LogP) is 2.77. The summed E-state index contributed by atoms with van der Waals surface area (Å²) in [5.41, 5.74) is 1.18. The van der Waals surface area contributed by atoms with Gasteiger partial charge in [-0.05, 0) is 31.6 Å². The first-order chi connectivity index (χ1) is 6.07. The summed E-state index contributed by atoms with van der Waals surface area (Å²) in [6.07, 6.45) is 3.90. The summed E-state index contributed by atoms with van der Waals surface area (Å²) in [7, 11) is 0. The quantitative estimate of drug-likeness (QED) is 0.648. The van der Waals surface area contributed by atoms with Crippen LogP contribution < -0.4 is 0 Å². The Morgan fingerprint density at radius 2 is 2.08 bits per heavy atom. The van der Waals surface area contributed by atoms with Crippen molar-refractivity contribution < 1.29 is 5.11 Å². The van der Waals surface area contributed by atoms with Crippen LogP contribution in [0.5, 0.6) is 0 Å². The van der Waals surface area contributed by atoms with Crippen molar-refractivity contribution in [1.29, 1.82) is 0 Å². The Labute approximate surface area is 81.2 Å². The second-order valence-corrected chi connectivity index (χ2v) is 4.31. The van der Waals surface area contributed by atoms with Gasteiger partial charge in [0.25, 0.3) is 0 Å². The van der Waals surface area contributed by atoms with Crippen LogP contribution in [0.4, 0.5) is 0 Å². The molecule has 1 saturated carbocycles. The zero-order valence-corrected chi connectivity index (χ0v) is 8.66. The van der Waals surface area contributed by atoms with Crippen molar-refractivity contribution >= 4 is 0 Å². The molecule has 1 N–H and O–H groups in total. The molecule has 1 heteroatoms. The molecule has 4 atom stereocenters. The number of aliphatic hydroxyl groups is 1. The van der Waals surface area contributed by atoms with Crippen LogP contribution in [-0.4, -0.2) is 11.2 Å². The number of hydrogen-bond donors (Lipinski definition) is 1. The van der Waals surface area contributed by atoms with E-state index in [4.69, 9.17) is 0 Å². The molecule has 1 aliphatic carbocycles. The zero-order chi connectivity index (χ0) is 10.0. The standard InChI is InChI=1S/C12H20O/c1-5-10-11(8(2)3)7-6-9(4)12(10)13/h5,9-13H,1-2,6-7H2,3-4H3/t9-,10+,11+,12-/m0/s1. The van der Waals surface area contributed by atoms with E-state index in [0.29, 0.717) is 11.8 Å². The van der Waals surface area contributed by atoms with E-state index in [1.165, 1.54) is 5.57 Å². The first-order valence-electron chi connectivity index (χ1n) is 5.04. The lowest BCUT2D eigenvalue weighted by Crippen LogP contribution is -2.37. The van der Waals surface area contributed by atoms with E-state index in [1.807, 2.05) is 13.0 Å². The van der Waals surface area contributed by atoms with E-state index in [2.05, 4.69) is 20.1 Å².